The summed E-state index contributed by atoms with van der Waals surface area (Å²) in [7, 11) is 0. The Bertz CT molecular complexity index is 1120. The van der Waals surface area contributed by atoms with Gasteiger partial charge in [-0.1, -0.05) is 17.3 Å². The van der Waals surface area contributed by atoms with Gasteiger partial charge in [0, 0.05) is 25.2 Å². The van der Waals surface area contributed by atoms with Crippen molar-refractivity contribution in [2.75, 3.05) is 32.8 Å². The van der Waals surface area contributed by atoms with Crippen LogP contribution in [0.1, 0.15) is 33.3 Å². The standard InChI is InChI=1S/C24H23F4N3O3/c1-15-21(22(30-34-15)17-4-8-19(25)9-5-17)23(32)29-14-20(31-10-12-33-13-11-31)16-2-6-18(7-3-16)24(26,27)28/h2-9,20H,10-14H2,1H3,(H,29,32). The van der Waals surface area contributed by atoms with Crippen molar-refractivity contribution in [3.05, 3.63) is 76.8 Å². The zero-order valence-corrected chi connectivity index (χ0v) is 18.4. The fourth-order valence-corrected chi connectivity index (χ4v) is 3.96. The topological polar surface area (TPSA) is 67.6 Å². The molecule has 0 saturated carbocycles. The van der Waals surface area contributed by atoms with Crippen molar-refractivity contribution in [1.29, 1.82) is 0 Å². The van der Waals surface area contributed by atoms with Crippen LogP contribution in [0.15, 0.2) is 53.1 Å². The SMILES string of the molecule is Cc1onc(-c2ccc(F)cc2)c1C(=O)NCC(c1ccc(C(F)(F)F)cc1)N1CCOCC1. The molecule has 1 unspecified atom stereocenters. The number of carbonyl (C=O) groups excluding carboxylic acids is 1. The second-order valence-corrected chi connectivity index (χ2v) is 7.96. The molecule has 2 heterocycles. The number of alkyl halides is 3. The number of hydrogen-bond donors (Lipinski definition) is 1. The third-order valence-electron chi connectivity index (χ3n) is 5.77. The van der Waals surface area contributed by atoms with Gasteiger partial charge in [0.2, 0.25) is 0 Å². The molecule has 1 amide bonds. The number of benzene rings is 2. The molecule has 1 saturated heterocycles. The molecular formula is C24H23F4N3O3. The first-order chi connectivity index (χ1) is 16.2. The molecule has 180 valence electrons. The van der Waals surface area contributed by atoms with Crippen LogP contribution in [-0.4, -0.2) is 48.8 Å². The van der Waals surface area contributed by atoms with E-state index in [9.17, 15) is 22.4 Å². The van der Waals surface area contributed by atoms with Gasteiger partial charge in [0.15, 0.2) is 0 Å². The number of nitrogens with one attached hydrogen (secondary N) is 1. The Labute approximate surface area is 193 Å². The number of aryl methyl sites for hydroxylation is 1. The monoisotopic (exact) mass is 477 g/mol. The molecule has 6 nitrogen and oxygen atoms in total. The molecule has 0 spiro atoms. The van der Waals surface area contributed by atoms with E-state index in [1.54, 1.807) is 6.92 Å². The molecule has 1 aliphatic rings. The van der Waals surface area contributed by atoms with Gasteiger partial charge in [-0.05, 0) is 48.9 Å². The number of morpholine rings is 1. The minimum atomic E-state index is -4.43. The van der Waals surface area contributed by atoms with Crippen LogP contribution >= 0.6 is 0 Å². The summed E-state index contributed by atoms with van der Waals surface area (Å²) >= 11 is 0. The van der Waals surface area contributed by atoms with Crippen LogP contribution in [-0.2, 0) is 10.9 Å². The maximum absolute atomic E-state index is 13.3. The molecule has 1 N–H and O–H groups in total. The summed E-state index contributed by atoms with van der Waals surface area (Å²) in [5, 5.41) is 6.82. The fraction of sp³-hybridized carbons (Fsp3) is 0.333. The molecule has 3 aromatic rings. The van der Waals surface area contributed by atoms with E-state index in [2.05, 4.69) is 15.4 Å². The highest BCUT2D eigenvalue weighted by atomic mass is 19.4. The van der Waals surface area contributed by atoms with Gasteiger partial charge < -0.3 is 14.6 Å². The van der Waals surface area contributed by atoms with Crippen LogP contribution in [0.4, 0.5) is 17.6 Å². The van der Waals surface area contributed by atoms with E-state index in [1.807, 2.05) is 0 Å². The largest absolute Gasteiger partial charge is 0.416 e. The van der Waals surface area contributed by atoms with Crippen LogP contribution in [0.25, 0.3) is 11.3 Å². The minimum absolute atomic E-state index is 0.150. The number of carbonyl (C=O) groups is 1. The van der Waals surface area contributed by atoms with Crippen LogP contribution < -0.4 is 5.32 Å². The number of aromatic nitrogens is 1. The molecule has 34 heavy (non-hydrogen) atoms. The molecule has 10 heteroatoms. The van der Waals surface area contributed by atoms with Gasteiger partial charge in [0.1, 0.15) is 22.8 Å². The van der Waals surface area contributed by atoms with Crippen LogP contribution in [0.2, 0.25) is 0 Å². The average molecular weight is 477 g/mol. The minimum Gasteiger partial charge on any atom is -0.379 e. The molecule has 1 aliphatic heterocycles. The third-order valence-corrected chi connectivity index (χ3v) is 5.77. The normalized spacial score (nSPS) is 15.8. The maximum Gasteiger partial charge on any atom is 0.416 e. The lowest BCUT2D eigenvalue weighted by atomic mass is 10.0. The van der Waals surface area contributed by atoms with E-state index in [0.29, 0.717) is 43.2 Å². The van der Waals surface area contributed by atoms with E-state index in [-0.39, 0.29) is 23.8 Å². The summed E-state index contributed by atoms with van der Waals surface area (Å²) in [6.45, 7) is 3.89. The number of amides is 1. The quantitative estimate of drug-likeness (QED) is 0.526. The summed E-state index contributed by atoms with van der Waals surface area (Å²) in [5.74, 6) is -0.558. The van der Waals surface area contributed by atoms with Gasteiger partial charge in [0.25, 0.3) is 5.91 Å². The first-order valence-corrected chi connectivity index (χ1v) is 10.7. The molecule has 1 aromatic heterocycles. The van der Waals surface area contributed by atoms with Gasteiger partial charge in [-0.15, -0.1) is 0 Å². The lowest BCUT2D eigenvalue weighted by molar-refractivity contribution is -0.137. The predicted molar refractivity (Wildman–Crippen MR) is 116 cm³/mol. The van der Waals surface area contributed by atoms with E-state index in [0.717, 1.165) is 12.1 Å². The second kappa shape index (κ2) is 9.94. The van der Waals surface area contributed by atoms with Crippen molar-refractivity contribution in [2.45, 2.75) is 19.1 Å². The van der Waals surface area contributed by atoms with E-state index >= 15 is 0 Å². The number of ether oxygens (including phenoxy) is 1. The van der Waals surface area contributed by atoms with Crippen molar-refractivity contribution in [3.8, 4) is 11.3 Å². The van der Waals surface area contributed by atoms with Crippen molar-refractivity contribution >= 4 is 5.91 Å². The van der Waals surface area contributed by atoms with Gasteiger partial charge in [-0.2, -0.15) is 13.2 Å². The van der Waals surface area contributed by atoms with E-state index in [4.69, 9.17) is 9.26 Å². The Kier molecular flexibility index (Phi) is 6.99. The smallest absolute Gasteiger partial charge is 0.379 e. The summed E-state index contributed by atoms with van der Waals surface area (Å²) in [4.78, 5) is 15.2. The Morgan fingerprint density at radius 3 is 2.35 bits per heavy atom. The molecule has 4 rings (SSSR count). The Balaban J connectivity index is 1.56. The van der Waals surface area contributed by atoms with E-state index in [1.165, 1.54) is 36.4 Å². The lowest BCUT2D eigenvalue weighted by Gasteiger charge is -2.35. The maximum atomic E-state index is 13.3. The number of nitrogens with zero attached hydrogens (tertiary/aromatic N) is 2. The molecule has 0 bridgehead atoms. The summed E-state index contributed by atoms with van der Waals surface area (Å²) in [6.07, 6.45) is -4.43. The highest BCUT2D eigenvalue weighted by Gasteiger charge is 2.31. The Morgan fingerprint density at radius 1 is 1.09 bits per heavy atom. The predicted octanol–water partition coefficient (Wildman–Crippen LogP) is 4.61. The van der Waals surface area contributed by atoms with Crippen molar-refractivity contribution in [3.63, 3.8) is 0 Å². The highest BCUT2D eigenvalue weighted by Crippen LogP contribution is 2.31. The summed E-state index contributed by atoms with van der Waals surface area (Å²) < 4.78 is 62.9. The van der Waals surface area contributed by atoms with Gasteiger partial charge >= 0.3 is 6.18 Å². The first kappa shape index (κ1) is 23.9. The summed E-state index contributed by atoms with van der Waals surface area (Å²) in [6, 6.07) is 10.1. The molecule has 0 radical (unpaired) electrons. The van der Waals surface area contributed by atoms with Crippen LogP contribution in [0, 0.1) is 12.7 Å². The zero-order chi connectivity index (χ0) is 24.3. The van der Waals surface area contributed by atoms with Crippen molar-refractivity contribution in [1.82, 2.24) is 15.4 Å². The molecular weight excluding hydrogens is 454 g/mol. The zero-order valence-electron chi connectivity index (χ0n) is 18.4. The first-order valence-electron chi connectivity index (χ1n) is 10.7. The Morgan fingerprint density at radius 2 is 1.74 bits per heavy atom. The number of rotatable bonds is 6. The van der Waals surface area contributed by atoms with Gasteiger partial charge in [-0.3, -0.25) is 9.69 Å². The summed E-state index contributed by atoms with van der Waals surface area (Å²) in [5.41, 5.74) is 0.948. The third kappa shape index (κ3) is 5.28. The molecule has 2 aromatic carbocycles. The molecule has 1 atom stereocenters. The molecule has 0 aliphatic carbocycles. The van der Waals surface area contributed by atoms with Crippen molar-refractivity contribution in [2.24, 2.45) is 0 Å². The second-order valence-electron chi connectivity index (χ2n) is 7.96. The lowest BCUT2D eigenvalue weighted by Crippen LogP contribution is -2.44. The van der Waals surface area contributed by atoms with E-state index < -0.39 is 23.5 Å². The molecule has 1 fully saturated rings. The number of halogens is 4. The van der Waals surface area contributed by atoms with Crippen LogP contribution in [0.3, 0.4) is 0 Å². The number of hydrogen-bond acceptors (Lipinski definition) is 5. The highest BCUT2D eigenvalue weighted by molar-refractivity contribution is 6.00. The van der Waals surface area contributed by atoms with Crippen molar-refractivity contribution < 1.29 is 31.6 Å². The Hall–Kier alpha value is -3.24. The fourth-order valence-electron chi connectivity index (χ4n) is 3.96. The van der Waals surface area contributed by atoms with Gasteiger partial charge in [0.05, 0.1) is 24.8 Å². The average Bonchev–Trinajstić information content (AvgIpc) is 3.21. The van der Waals surface area contributed by atoms with Gasteiger partial charge in [-0.25, -0.2) is 4.39 Å². The van der Waals surface area contributed by atoms with Crippen LogP contribution in [0.5, 0.6) is 0 Å².